The molecule has 0 spiro atoms. The van der Waals surface area contributed by atoms with Crippen LogP contribution in [0.25, 0.3) is 0 Å². The number of carbonyl (C=O) groups excluding carboxylic acids is 1. The van der Waals surface area contributed by atoms with Crippen molar-refractivity contribution in [3.8, 4) is 0 Å². The monoisotopic (exact) mass is 382 g/mol. The second-order valence-corrected chi connectivity index (χ2v) is 10.7. The minimum absolute atomic E-state index is 0.0326. The van der Waals surface area contributed by atoms with Crippen molar-refractivity contribution in [3.63, 3.8) is 0 Å². The summed E-state index contributed by atoms with van der Waals surface area (Å²) in [5.41, 5.74) is 0.129. The van der Waals surface area contributed by atoms with E-state index in [1.807, 2.05) is 0 Å². The summed E-state index contributed by atoms with van der Waals surface area (Å²) in [5, 5.41) is 10.3. The first-order valence-corrected chi connectivity index (χ1v) is 10.2. The lowest BCUT2D eigenvalue weighted by Gasteiger charge is -2.61. The number of fused-ring (bicyclic) bond motifs is 3. The van der Waals surface area contributed by atoms with Crippen molar-refractivity contribution in [2.75, 3.05) is 6.61 Å². The van der Waals surface area contributed by atoms with Crippen LogP contribution < -0.4 is 0 Å². The maximum atomic E-state index is 12.5. The van der Waals surface area contributed by atoms with Crippen LogP contribution in [0.5, 0.6) is 0 Å². The normalized spacial score (nSPS) is 61.0. The molecule has 128 valence electrons. The van der Waals surface area contributed by atoms with Gasteiger partial charge in [-0.15, -0.1) is 0 Å². The van der Waals surface area contributed by atoms with Crippen molar-refractivity contribution < 1.29 is 14.6 Å². The van der Waals surface area contributed by atoms with Gasteiger partial charge in [-0.1, -0.05) is 22.9 Å². The summed E-state index contributed by atoms with van der Waals surface area (Å²) in [6.07, 6.45) is 8.06. The van der Waals surface area contributed by atoms with E-state index in [1.165, 1.54) is 6.42 Å². The first-order valence-electron chi connectivity index (χ1n) is 9.43. The van der Waals surface area contributed by atoms with Gasteiger partial charge >= 0.3 is 0 Å². The van der Waals surface area contributed by atoms with Crippen LogP contribution in [0.15, 0.2) is 0 Å². The molecular formula is C19H27BrO3. The maximum Gasteiger partial charge on any atom is 0.139 e. The highest BCUT2D eigenvalue weighted by Gasteiger charge is 2.72. The van der Waals surface area contributed by atoms with Gasteiger partial charge in [-0.25, -0.2) is 0 Å². The van der Waals surface area contributed by atoms with Crippen LogP contribution in [0.3, 0.4) is 0 Å². The number of halogens is 1. The van der Waals surface area contributed by atoms with Crippen LogP contribution in [0, 0.1) is 28.6 Å². The molecule has 0 aromatic rings. The van der Waals surface area contributed by atoms with Gasteiger partial charge in [0.05, 0.1) is 23.1 Å². The van der Waals surface area contributed by atoms with E-state index < -0.39 is 0 Å². The number of ether oxygens (including phenoxy) is 1. The molecule has 4 heteroatoms. The van der Waals surface area contributed by atoms with Crippen molar-refractivity contribution in [3.05, 3.63) is 0 Å². The SMILES string of the molecule is C[C@]12CCC3C(C[C@H]4OC[C@@]35CCC(O)C[C@]45Br)C1CCC2=O. The molecule has 0 aromatic carbocycles. The number of aliphatic hydroxyl groups excluding tert-OH is 1. The van der Waals surface area contributed by atoms with Crippen molar-refractivity contribution in [1.82, 2.24) is 0 Å². The Labute approximate surface area is 146 Å². The summed E-state index contributed by atoms with van der Waals surface area (Å²) < 4.78 is 6.29. The Kier molecular flexibility index (Phi) is 3.08. The van der Waals surface area contributed by atoms with E-state index in [4.69, 9.17) is 4.74 Å². The van der Waals surface area contributed by atoms with E-state index in [0.717, 1.165) is 51.6 Å². The lowest BCUT2D eigenvalue weighted by Crippen LogP contribution is -2.63. The number of aliphatic hydroxyl groups is 1. The molecule has 0 amide bonds. The third-order valence-electron chi connectivity index (χ3n) is 8.68. The number of ketones is 1. The van der Waals surface area contributed by atoms with E-state index in [2.05, 4.69) is 22.9 Å². The van der Waals surface area contributed by atoms with Crippen molar-refractivity contribution in [2.24, 2.45) is 28.6 Å². The van der Waals surface area contributed by atoms with Gasteiger partial charge in [-0.05, 0) is 62.7 Å². The zero-order chi connectivity index (χ0) is 16.0. The molecule has 3 nitrogen and oxygen atoms in total. The predicted octanol–water partition coefficient (Wildman–Crippen LogP) is 3.47. The molecule has 8 atom stereocenters. The number of hydrogen-bond donors (Lipinski definition) is 1. The minimum Gasteiger partial charge on any atom is -0.393 e. The molecule has 0 radical (unpaired) electrons. The lowest BCUT2D eigenvalue weighted by atomic mass is 9.45. The Hall–Kier alpha value is 0.0700. The van der Waals surface area contributed by atoms with Gasteiger partial charge in [0, 0.05) is 17.3 Å². The smallest absolute Gasteiger partial charge is 0.139 e. The average Bonchev–Trinajstić information content (AvgIpc) is 2.88. The molecule has 4 unspecified atom stereocenters. The van der Waals surface area contributed by atoms with Crippen molar-refractivity contribution in [1.29, 1.82) is 0 Å². The molecule has 5 rings (SSSR count). The zero-order valence-corrected chi connectivity index (χ0v) is 15.5. The second-order valence-electron chi connectivity index (χ2n) is 9.25. The molecule has 1 saturated heterocycles. The van der Waals surface area contributed by atoms with Gasteiger partial charge < -0.3 is 9.84 Å². The minimum atomic E-state index is -0.190. The number of rotatable bonds is 0. The van der Waals surface area contributed by atoms with E-state index in [9.17, 15) is 9.90 Å². The molecule has 5 aliphatic rings. The summed E-state index contributed by atoms with van der Waals surface area (Å²) in [5.74, 6) is 2.39. The summed E-state index contributed by atoms with van der Waals surface area (Å²) in [6, 6.07) is 0. The van der Waals surface area contributed by atoms with Crippen LogP contribution in [-0.2, 0) is 9.53 Å². The summed E-state index contributed by atoms with van der Waals surface area (Å²) in [7, 11) is 0. The first-order chi connectivity index (χ1) is 10.9. The third-order valence-corrected chi connectivity index (χ3v) is 10.3. The average molecular weight is 383 g/mol. The zero-order valence-electron chi connectivity index (χ0n) is 13.9. The van der Waals surface area contributed by atoms with E-state index in [1.54, 1.807) is 0 Å². The Morgan fingerprint density at radius 2 is 2.04 bits per heavy atom. The number of hydrogen-bond acceptors (Lipinski definition) is 3. The fourth-order valence-electron chi connectivity index (χ4n) is 7.48. The van der Waals surface area contributed by atoms with E-state index in [0.29, 0.717) is 23.5 Å². The molecule has 4 aliphatic carbocycles. The summed E-state index contributed by atoms with van der Waals surface area (Å²) >= 11 is 4.11. The van der Waals surface area contributed by atoms with Crippen LogP contribution in [-0.4, -0.2) is 34.0 Å². The lowest BCUT2D eigenvalue weighted by molar-refractivity contribution is -0.136. The van der Waals surface area contributed by atoms with Gasteiger partial charge in [0.25, 0.3) is 0 Å². The van der Waals surface area contributed by atoms with Crippen LogP contribution in [0.2, 0.25) is 0 Å². The second kappa shape index (κ2) is 4.62. The highest BCUT2D eigenvalue weighted by atomic mass is 79.9. The molecule has 1 aliphatic heterocycles. The highest BCUT2D eigenvalue weighted by molar-refractivity contribution is 9.10. The molecular weight excluding hydrogens is 356 g/mol. The van der Waals surface area contributed by atoms with Crippen LogP contribution in [0.1, 0.15) is 58.3 Å². The highest BCUT2D eigenvalue weighted by Crippen LogP contribution is 2.71. The maximum absolute atomic E-state index is 12.5. The number of carbonyl (C=O) groups is 1. The molecule has 23 heavy (non-hydrogen) atoms. The molecule has 0 aromatic heterocycles. The molecule has 4 saturated carbocycles. The van der Waals surface area contributed by atoms with Gasteiger partial charge in [-0.3, -0.25) is 4.79 Å². The van der Waals surface area contributed by atoms with Crippen LogP contribution in [0.4, 0.5) is 0 Å². The Balaban J connectivity index is 1.56. The standard InChI is InChI=1S/C19H27BrO3/c1-17-6-5-14-12(13(17)2-3-15(17)22)8-16-19(20)9-11(21)4-7-18(14,19)10-23-16/h11-14,16,21H,2-10H2,1H3/t11?,12?,13?,14?,16-,17+,18+,19+/m1/s1. The van der Waals surface area contributed by atoms with Gasteiger partial charge in [-0.2, -0.15) is 0 Å². The summed E-state index contributed by atoms with van der Waals surface area (Å²) in [6.45, 7) is 3.10. The fraction of sp³-hybridized carbons (Fsp3) is 0.947. The Bertz CT molecular complexity index is 565. The quantitative estimate of drug-likeness (QED) is 0.652. The molecule has 2 bridgehead atoms. The van der Waals surface area contributed by atoms with Gasteiger partial charge in [0.1, 0.15) is 5.78 Å². The first kappa shape index (κ1) is 15.3. The molecule has 1 N–H and O–H groups in total. The molecule has 5 fully saturated rings. The van der Waals surface area contributed by atoms with Crippen molar-refractivity contribution in [2.45, 2.75) is 74.8 Å². The third kappa shape index (κ3) is 1.67. The van der Waals surface area contributed by atoms with Crippen LogP contribution >= 0.6 is 15.9 Å². The topological polar surface area (TPSA) is 46.5 Å². The predicted molar refractivity (Wildman–Crippen MR) is 90.4 cm³/mol. The van der Waals surface area contributed by atoms with E-state index in [-0.39, 0.29) is 27.4 Å². The largest absolute Gasteiger partial charge is 0.393 e. The Morgan fingerprint density at radius 1 is 1.22 bits per heavy atom. The van der Waals surface area contributed by atoms with Crippen molar-refractivity contribution >= 4 is 21.7 Å². The fourth-order valence-corrected chi connectivity index (χ4v) is 8.78. The van der Waals surface area contributed by atoms with E-state index >= 15 is 0 Å². The number of alkyl halides is 1. The Morgan fingerprint density at radius 3 is 2.87 bits per heavy atom. The molecule has 1 heterocycles. The number of Topliss-reactive ketones (excluding diaryl/α,β-unsaturated/α-hetero) is 1. The van der Waals surface area contributed by atoms with Gasteiger partial charge in [0.15, 0.2) is 0 Å². The van der Waals surface area contributed by atoms with Gasteiger partial charge in [0.2, 0.25) is 0 Å². The summed E-state index contributed by atoms with van der Waals surface area (Å²) in [4.78, 5) is 12.5.